The molecule has 10 rings (SSSR count). The summed E-state index contributed by atoms with van der Waals surface area (Å²) >= 11 is 0. The number of benzene rings is 7. The van der Waals surface area contributed by atoms with Crippen molar-refractivity contribution in [3.63, 3.8) is 0 Å². The van der Waals surface area contributed by atoms with Crippen LogP contribution < -0.4 is 4.90 Å². The average Bonchev–Trinajstić information content (AvgIpc) is 3.90. The van der Waals surface area contributed by atoms with E-state index in [0.717, 1.165) is 79.2 Å². The predicted octanol–water partition coefficient (Wildman–Crippen LogP) is 12.8. The number of anilines is 3. The summed E-state index contributed by atoms with van der Waals surface area (Å²) in [4.78, 5) is 2.04. The number of nitriles is 2. The van der Waals surface area contributed by atoms with Crippen molar-refractivity contribution >= 4 is 71.7 Å². The number of aromatic nitrogens is 2. The number of hydrogen-bond donors (Lipinski definition) is 0. The maximum atomic E-state index is 10.9. The molecule has 0 aliphatic heterocycles. The zero-order chi connectivity index (χ0) is 37.0. The first-order valence-electron chi connectivity index (χ1n) is 18.5. The van der Waals surface area contributed by atoms with Crippen LogP contribution in [0.3, 0.4) is 0 Å². The molecule has 0 N–H and O–H groups in total. The molecule has 7 aromatic carbocycles. The lowest BCUT2D eigenvalue weighted by Gasteiger charge is -2.27. The topological polar surface area (TPSA) is 73.8 Å². The normalized spacial score (nSPS) is 11.5. The number of para-hydroxylation sites is 4. The van der Waals surface area contributed by atoms with Gasteiger partial charge in [-0.15, -0.1) is 0 Å². The number of nitrogens with zero attached hydrogens (tertiary/aromatic N) is 5. The van der Waals surface area contributed by atoms with Crippen LogP contribution in [0, 0.1) is 22.7 Å². The van der Waals surface area contributed by atoms with Crippen LogP contribution in [0.5, 0.6) is 0 Å². The van der Waals surface area contributed by atoms with Crippen LogP contribution in [0.25, 0.3) is 66.0 Å². The summed E-state index contributed by atoms with van der Waals surface area (Å²) in [6, 6.07) is 58.3. The summed E-state index contributed by atoms with van der Waals surface area (Å²) in [5.74, 6) is 0. The fourth-order valence-electron chi connectivity index (χ4n) is 8.34. The van der Waals surface area contributed by atoms with E-state index in [2.05, 4.69) is 94.9 Å². The van der Waals surface area contributed by atoms with E-state index >= 15 is 0 Å². The zero-order valence-corrected chi connectivity index (χ0v) is 30.1. The number of aryl methyl sites for hydroxylation is 1. The Labute approximate surface area is 317 Å². The molecule has 0 saturated carbocycles. The molecular weight excluding hydrogens is 675 g/mol. The van der Waals surface area contributed by atoms with Gasteiger partial charge < -0.3 is 18.5 Å². The van der Waals surface area contributed by atoms with Gasteiger partial charge in [0, 0.05) is 44.3 Å². The molecule has 0 spiro atoms. The molecule has 0 aliphatic rings. The van der Waals surface area contributed by atoms with Gasteiger partial charge >= 0.3 is 0 Å². The molecule has 260 valence electrons. The zero-order valence-electron chi connectivity index (χ0n) is 30.1. The summed E-state index contributed by atoms with van der Waals surface area (Å²) in [7, 11) is 0. The Morgan fingerprint density at radius 3 is 2.02 bits per heavy atom. The van der Waals surface area contributed by atoms with Gasteiger partial charge in [0.2, 0.25) is 0 Å². The predicted molar refractivity (Wildman–Crippen MR) is 223 cm³/mol. The van der Waals surface area contributed by atoms with Crippen molar-refractivity contribution in [3.8, 4) is 23.5 Å². The molecule has 55 heavy (non-hydrogen) atoms. The van der Waals surface area contributed by atoms with E-state index in [-0.39, 0.29) is 0 Å². The second-order valence-electron chi connectivity index (χ2n) is 13.9. The van der Waals surface area contributed by atoms with Gasteiger partial charge in [-0.1, -0.05) is 86.1 Å². The maximum Gasteiger partial charge on any atom is 0.145 e. The van der Waals surface area contributed by atoms with Gasteiger partial charge in [0.15, 0.2) is 0 Å². The van der Waals surface area contributed by atoms with Crippen molar-refractivity contribution in [2.24, 2.45) is 0 Å². The molecule has 3 aromatic heterocycles. The second kappa shape index (κ2) is 12.8. The lowest BCUT2D eigenvalue weighted by atomic mass is 10.0. The Balaban J connectivity index is 1.28. The van der Waals surface area contributed by atoms with Gasteiger partial charge in [-0.2, -0.15) is 10.5 Å². The molecule has 0 saturated heterocycles. The molecule has 3 heterocycles. The third-order valence-corrected chi connectivity index (χ3v) is 10.7. The molecule has 0 fully saturated rings. The SMILES string of the molecule is CCCc1cc2ccccc2n1-c1ccc2c(c1)c1c3oc4ccccc4c3ccc1n2-c1cc(C#N)c(N(c2ccccc2)c2ccccc2)cc1C#N. The van der Waals surface area contributed by atoms with E-state index in [1.807, 2.05) is 95.9 Å². The minimum atomic E-state index is 0.445. The number of rotatable bonds is 7. The van der Waals surface area contributed by atoms with E-state index in [4.69, 9.17) is 4.42 Å². The molecule has 0 aliphatic carbocycles. The summed E-state index contributed by atoms with van der Waals surface area (Å²) in [6.45, 7) is 2.21. The lowest BCUT2D eigenvalue weighted by molar-refractivity contribution is 0.673. The molecule has 0 unspecified atom stereocenters. The molecule has 6 nitrogen and oxygen atoms in total. The van der Waals surface area contributed by atoms with Crippen LogP contribution in [0.4, 0.5) is 17.1 Å². The average molecular weight is 708 g/mol. The van der Waals surface area contributed by atoms with Crippen molar-refractivity contribution < 1.29 is 4.42 Å². The maximum absolute atomic E-state index is 10.9. The van der Waals surface area contributed by atoms with Crippen LogP contribution >= 0.6 is 0 Å². The minimum absolute atomic E-state index is 0.445. The van der Waals surface area contributed by atoms with Gasteiger partial charge in [0.05, 0.1) is 44.4 Å². The Bertz CT molecular complexity index is 3150. The number of hydrogen-bond acceptors (Lipinski definition) is 4. The monoisotopic (exact) mass is 707 g/mol. The van der Waals surface area contributed by atoms with Crippen LogP contribution in [-0.2, 0) is 6.42 Å². The largest absolute Gasteiger partial charge is 0.455 e. The van der Waals surface area contributed by atoms with E-state index in [1.165, 1.54) is 11.1 Å². The van der Waals surface area contributed by atoms with Crippen molar-refractivity contribution in [2.45, 2.75) is 19.8 Å². The van der Waals surface area contributed by atoms with Crippen molar-refractivity contribution in [1.29, 1.82) is 10.5 Å². The molecule has 0 amide bonds. The van der Waals surface area contributed by atoms with Crippen LogP contribution in [-0.4, -0.2) is 9.13 Å². The first kappa shape index (κ1) is 32.1. The van der Waals surface area contributed by atoms with Crippen molar-refractivity contribution in [1.82, 2.24) is 9.13 Å². The van der Waals surface area contributed by atoms with E-state index < -0.39 is 0 Å². The van der Waals surface area contributed by atoms with Gasteiger partial charge in [-0.3, -0.25) is 0 Å². The van der Waals surface area contributed by atoms with Gasteiger partial charge in [0.1, 0.15) is 23.3 Å². The second-order valence-corrected chi connectivity index (χ2v) is 13.9. The quantitative estimate of drug-likeness (QED) is 0.165. The Hall–Kier alpha value is -7.54. The fraction of sp³-hybridized carbons (Fsp3) is 0.0612. The lowest BCUT2D eigenvalue weighted by Crippen LogP contribution is -2.12. The fourth-order valence-corrected chi connectivity index (χ4v) is 8.34. The molecule has 6 heteroatoms. The van der Waals surface area contributed by atoms with Gasteiger partial charge in [-0.25, -0.2) is 0 Å². The van der Waals surface area contributed by atoms with Gasteiger partial charge in [0.25, 0.3) is 0 Å². The van der Waals surface area contributed by atoms with E-state index in [0.29, 0.717) is 22.5 Å². The summed E-state index contributed by atoms with van der Waals surface area (Å²) in [5, 5.41) is 27.0. The Morgan fingerprint density at radius 2 is 1.27 bits per heavy atom. The summed E-state index contributed by atoms with van der Waals surface area (Å²) in [6.07, 6.45) is 1.97. The van der Waals surface area contributed by atoms with Crippen molar-refractivity contribution in [3.05, 3.63) is 175 Å². The van der Waals surface area contributed by atoms with Crippen LogP contribution in [0.2, 0.25) is 0 Å². The van der Waals surface area contributed by atoms with Crippen molar-refractivity contribution in [2.75, 3.05) is 4.90 Å². The molecule has 0 radical (unpaired) electrons. The van der Waals surface area contributed by atoms with E-state index in [9.17, 15) is 10.5 Å². The Kier molecular flexibility index (Phi) is 7.50. The highest BCUT2D eigenvalue weighted by atomic mass is 16.3. The molecular formula is C49H33N5O. The van der Waals surface area contributed by atoms with Crippen LogP contribution in [0.15, 0.2) is 162 Å². The number of fused-ring (bicyclic) bond motifs is 8. The third-order valence-electron chi connectivity index (χ3n) is 10.7. The number of furan rings is 1. The molecule has 10 aromatic rings. The van der Waals surface area contributed by atoms with Gasteiger partial charge in [-0.05, 0) is 91.3 Å². The smallest absolute Gasteiger partial charge is 0.145 e. The highest BCUT2D eigenvalue weighted by Crippen LogP contribution is 2.44. The highest BCUT2D eigenvalue weighted by Gasteiger charge is 2.24. The first-order valence-corrected chi connectivity index (χ1v) is 18.5. The molecule has 0 bridgehead atoms. The standard InChI is InChI=1S/C49H33N5O/c1-2-13-37-26-32-14-9-11-20-42(32)53(37)38-22-24-43-41(29-38)48-44(25-23-40-39-19-10-12-21-47(39)55-49(40)48)54(43)46-28-33(30-50)45(27-34(46)31-51)52(35-15-5-3-6-16-35)36-17-7-4-8-18-36/h3-12,14-29H,2,13H2,1H3. The molecule has 0 atom stereocenters. The first-order chi connectivity index (χ1) is 27.2. The van der Waals surface area contributed by atoms with Crippen LogP contribution in [0.1, 0.15) is 30.2 Å². The summed E-state index contributed by atoms with van der Waals surface area (Å²) in [5.41, 5.74) is 10.8. The highest BCUT2D eigenvalue weighted by molar-refractivity contribution is 6.24. The minimum Gasteiger partial charge on any atom is -0.455 e. The van der Waals surface area contributed by atoms with E-state index in [1.54, 1.807) is 0 Å². The third kappa shape index (κ3) is 5.00. The summed E-state index contributed by atoms with van der Waals surface area (Å²) < 4.78 is 11.2. The Morgan fingerprint density at radius 1 is 0.582 bits per heavy atom.